The van der Waals surface area contributed by atoms with E-state index in [9.17, 15) is 4.79 Å². The second-order valence-electron chi connectivity index (χ2n) is 7.15. The normalized spacial score (nSPS) is 15.4. The Morgan fingerprint density at radius 3 is 3.03 bits per heavy atom. The highest BCUT2D eigenvalue weighted by molar-refractivity contribution is 6.35. The van der Waals surface area contributed by atoms with Crippen LogP contribution in [0.3, 0.4) is 0 Å². The molecule has 1 aliphatic heterocycles. The SMILES string of the molecule is CC(Nc1ncnc2ccnn12)c1cc2cccc(Cl)c2nc1N1CCNC(=O)C1. The van der Waals surface area contributed by atoms with Crippen molar-refractivity contribution < 1.29 is 4.79 Å². The molecule has 3 aromatic heterocycles. The predicted molar refractivity (Wildman–Crippen MR) is 115 cm³/mol. The molecule has 4 aromatic rings. The lowest BCUT2D eigenvalue weighted by atomic mass is 10.0. The number of rotatable bonds is 4. The van der Waals surface area contributed by atoms with Gasteiger partial charge in [-0.15, -0.1) is 0 Å². The van der Waals surface area contributed by atoms with Crippen LogP contribution < -0.4 is 15.5 Å². The number of pyridine rings is 1. The van der Waals surface area contributed by atoms with Crippen LogP contribution in [0.25, 0.3) is 16.6 Å². The highest BCUT2D eigenvalue weighted by atomic mass is 35.5. The summed E-state index contributed by atoms with van der Waals surface area (Å²) in [6.45, 7) is 3.52. The molecule has 0 saturated carbocycles. The number of piperazine rings is 1. The summed E-state index contributed by atoms with van der Waals surface area (Å²) in [5.74, 6) is 1.28. The maximum atomic E-state index is 12.0. The highest BCUT2D eigenvalue weighted by Gasteiger charge is 2.24. The number of hydrogen-bond acceptors (Lipinski definition) is 7. The van der Waals surface area contributed by atoms with Crippen molar-refractivity contribution in [1.82, 2.24) is 29.9 Å². The van der Waals surface area contributed by atoms with Crippen LogP contribution >= 0.6 is 11.6 Å². The molecule has 30 heavy (non-hydrogen) atoms. The Kier molecular flexibility index (Phi) is 4.59. The first-order chi connectivity index (χ1) is 14.6. The number of hydrogen-bond donors (Lipinski definition) is 2. The standard InChI is InChI=1S/C20H19ClN8O/c1-12(26-20-24-11-23-16-5-6-25-29(16)20)14-9-13-3-2-4-15(21)18(13)27-19(14)28-8-7-22-17(30)10-28/h2-6,9,11-12H,7-8,10H2,1H3,(H,22,30)(H,23,24,26). The fraction of sp³-hybridized carbons (Fsp3) is 0.250. The van der Waals surface area contributed by atoms with E-state index in [-0.39, 0.29) is 18.5 Å². The topological polar surface area (TPSA) is 100 Å². The molecule has 9 nitrogen and oxygen atoms in total. The van der Waals surface area contributed by atoms with Crippen molar-refractivity contribution >= 4 is 45.8 Å². The number of nitrogens with one attached hydrogen (secondary N) is 2. The van der Waals surface area contributed by atoms with E-state index in [1.807, 2.05) is 36.1 Å². The third-order valence-electron chi connectivity index (χ3n) is 5.15. The monoisotopic (exact) mass is 422 g/mol. The summed E-state index contributed by atoms with van der Waals surface area (Å²) < 4.78 is 1.65. The smallest absolute Gasteiger partial charge is 0.239 e. The van der Waals surface area contributed by atoms with E-state index < -0.39 is 0 Å². The number of carbonyl (C=O) groups is 1. The number of para-hydroxylation sites is 1. The van der Waals surface area contributed by atoms with E-state index in [0.29, 0.717) is 35.2 Å². The molecule has 0 bridgehead atoms. The van der Waals surface area contributed by atoms with Crippen LogP contribution in [0, 0.1) is 0 Å². The lowest BCUT2D eigenvalue weighted by Gasteiger charge is -2.31. The molecule has 1 aliphatic rings. The van der Waals surface area contributed by atoms with Gasteiger partial charge in [-0.1, -0.05) is 23.7 Å². The van der Waals surface area contributed by atoms with Crippen LogP contribution in [0.2, 0.25) is 5.02 Å². The van der Waals surface area contributed by atoms with Crippen molar-refractivity contribution in [2.24, 2.45) is 0 Å². The molecule has 1 fully saturated rings. The summed E-state index contributed by atoms with van der Waals surface area (Å²) in [4.78, 5) is 27.4. The number of carbonyl (C=O) groups excluding carboxylic acids is 1. The van der Waals surface area contributed by atoms with Crippen molar-refractivity contribution in [3.05, 3.63) is 53.4 Å². The van der Waals surface area contributed by atoms with Crippen LogP contribution in [0.4, 0.5) is 11.8 Å². The van der Waals surface area contributed by atoms with Crippen LogP contribution in [0.5, 0.6) is 0 Å². The van der Waals surface area contributed by atoms with Gasteiger partial charge in [-0.3, -0.25) is 4.79 Å². The Labute approximate surface area is 177 Å². The molecule has 2 N–H and O–H groups in total. The van der Waals surface area contributed by atoms with E-state index in [1.165, 1.54) is 6.33 Å². The van der Waals surface area contributed by atoms with Crippen LogP contribution in [0.15, 0.2) is 42.9 Å². The largest absolute Gasteiger partial charge is 0.353 e. The first-order valence-electron chi connectivity index (χ1n) is 9.62. The van der Waals surface area contributed by atoms with Gasteiger partial charge in [-0.2, -0.15) is 9.61 Å². The number of fused-ring (bicyclic) bond motifs is 2. The van der Waals surface area contributed by atoms with Crippen molar-refractivity contribution in [2.45, 2.75) is 13.0 Å². The number of amides is 1. The Balaban J connectivity index is 1.60. The zero-order valence-corrected chi connectivity index (χ0v) is 17.0. The molecule has 5 rings (SSSR count). The Hall–Kier alpha value is -3.46. The minimum absolute atomic E-state index is 0.0251. The maximum Gasteiger partial charge on any atom is 0.239 e. The summed E-state index contributed by atoms with van der Waals surface area (Å²) in [5, 5.41) is 12.1. The zero-order valence-electron chi connectivity index (χ0n) is 16.2. The molecule has 10 heteroatoms. The first-order valence-corrected chi connectivity index (χ1v) is 10.00. The predicted octanol–water partition coefficient (Wildman–Crippen LogP) is 2.44. The second kappa shape index (κ2) is 7.42. The molecule has 152 valence electrons. The van der Waals surface area contributed by atoms with Gasteiger partial charge in [0.2, 0.25) is 11.9 Å². The van der Waals surface area contributed by atoms with Gasteiger partial charge in [0.05, 0.1) is 29.3 Å². The fourth-order valence-electron chi connectivity index (χ4n) is 3.68. The van der Waals surface area contributed by atoms with Crippen molar-refractivity contribution in [3.63, 3.8) is 0 Å². The summed E-state index contributed by atoms with van der Waals surface area (Å²) in [6, 6.07) is 9.42. The average Bonchev–Trinajstić information content (AvgIpc) is 3.23. The van der Waals surface area contributed by atoms with Gasteiger partial charge in [-0.05, 0) is 19.1 Å². The first kappa shape index (κ1) is 18.6. The molecule has 1 aromatic carbocycles. The van der Waals surface area contributed by atoms with Crippen molar-refractivity contribution in [1.29, 1.82) is 0 Å². The second-order valence-corrected chi connectivity index (χ2v) is 7.56. The van der Waals surface area contributed by atoms with E-state index >= 15 is 0 Å². The highest BCUT2D eigenvalue weighted by Crippen LogP contribution is 2.33. The molecular weight excluding hydrogens is 404 g/mol. The third kappa shape index (κ3) is 3.26. The molecule has 1 atom stereocenters. The molecule has 1 amide bonds. The Bertz CT molecular complexity index is 1260. The summed E-state index contributed by atoms with van der Waals surface area (Å²) >= 11 is 6.41. The molecule has 4 heterocycles. The number of benzene rings is 1. The Morgan fingerprint density at radius 2 is 2.17 bits per heavy atom. The average molecular weight is 423 g/mol. The lowest BCUT2D eigenvalue weighted by molar-refractivity contribution is -0.120. The van der Waals surface area contributed by atoms with Gasteiger partial charge < -0.3 is 15.5 Å². The van der Waals surface area contributed by atoms with Crippen molar-refractivity contribution in [3.8, 4) is 0 Å². The number of nitrogens with zero attached hydrogens (tertiary/aromatic N) is 6. The van der Waals surface area contributed by atoms with E-state index in [0.717, 1.165) is 16.8 Å². The van der Waals surface area contributed by atoms with Gasteiger partial charge in [0.25, 0.3) is 0 Å². The molecule has 0 spiro atoms. The molecule has 1 unspecified atom stereocenters. The minimum Gasteiger partial charge on any atom is -0.353 e. The van der Waals surface area contributed by atoms with Gasteiger partial charge in [-0.25, -0.2) is 15.0 Å². The van der Waals surface area contributed by atoms with E-state index in [2.05, 4.69) is 31.8 Å². The third-order valence-corrected chi connectivity index (χ3v) is 5.45. The zero-order chi connectivity index (χ0) is 20.7. The summed E-state index contributed by atoms with van der Waals surface area (Å²) in [6.07, 6.45) is 3.18. The van der Waals surface area contributed by atoms with Crippen LogP contribution in [-0.2, 0) is 4.79 Å². The molecular formula is C20H19ClN8O. The Morgan fingerprint density at radius 1 is 1.27 bits per heavy atom. The number of anilines is 2. The van der Waals surface area contributed by atoms with Gasteiger partial charge in [0, 0.05) is 30.1 Å². The molecule has 0 radical (unpaired) electrons. The van der Waals surface area contributed by atoms with Gasteiger partial charge in [0.1, 0.15) is 12.1 Å². The van der Waals surface area contributed by atoms with E-state index in [1.54, 1.807) is 10.7 Å². The molecule has 1 saturated heterocycles. The van der Waals surface area contributed by atoms with Crippen LogP contribution in [0.1, 0.15) is 18.5 Å². The van der Waals surface area contributed by atoms with Gasteiger partial charge in [0.15, 0.2) is 5.65 Å². The lowest BCUT2D eigenvalue weighted by Crippen LogP contribution is -2.48. The van der Waals surface area contributed by atoms with E-state index in [4.69, 9.17) is 16.6 Å². The van der Waals surface area contributed by atoms with Crippen LogP contribution in [-0.4, -0.2) is 50.1 Å². The minimum atomic E-state index is -0.164. The van der Waals surface area contributed by atoms with Crippen molar-refractivity contribution in [2.75, 3.05) is 29.9 Å². The number of halogens is 1. The number of aromatic nitrogens is 5. The summed E-state index contributed by atoms with van der Waals surface area (Å²) in [5.41, 5.74) is 2.36. The fourth-order valence-corrected chi connectivity index (χ4v) is 3.91. The van der Waals surface area contributed by atoms with Gasteiger partial charge >= 0.3 is 0 Å². The summed E-state index contributed by atoms with van der Waals surface area (Å²) in [7, 11) is 0. The maximum absolute atomic E-state index is 12.0. The quantitative estimate of drug-likeness (QED) is 0.521. The molecule has 0 aliphatic carbocycles.